The van der Waals surface area contributed by atoms with Crippen molar-refractivity contribution in [2.45, 2.75) is 24.9 Å². The Morgan fingerprint density at radius 2 is 2.13 bits per heavy atom. The van der Waals surface area contributed by atoms with Gasteiger partial charge < -0.3 is 9.88 Å². The van der Waals surface area contributed by atoms with E-state index in [-0.39, 0.29) is 18.5 Å². The maximum Gasteiger partial charge on any atom is 0.325 e. The van der Waals surface area contributed by atoms with Crippen molar-refractivity contribution in [1.29, 1.82) is 0 Å². The smallest absolute Gasteiger partial charge is 0.321 e. The molecule has 2 aliphatic rings. The van der Waals surface area contributed by atoms with Gasteiger partial charge >= 0.3 is 6.03 Å². The van der Waals surface area contributed by atoms with E-state index in [1.165, 1.54) is 11.1 Å². The average molecular weight is 331 g/mol. The number of hydrogen-bond donors (Lipinski definition) is 1. The van der Waals surface area contributed by atoms with Gasteiger partial charge in [0.15, 0.2) is 0 Å². The molecule has 1 unspecified atom stereocenters. The SMILES string of the molecule is Cn1c(Cl)cnc1CN1C(=O)NC2(CCc3ccccc32)C1=O. The van der Waals surface area contributed by atoms with Crippen molar-refractivity contribution in [2.24, 2.45) is 7.05 Å². The normalized spacial score (nSPS) is 22.8. The number of hydrogen-bond acceptors (Lipinski definition) is 3. The molecule has 7 heteroatoms. The first kappa shape index (κ1) is 14.3. The number of urea groups is 1. The zero-order chi connectivity index (χ0) is 16.2. The first-order valence-electron chi connectivity index (χ1n) is 7.41. The molecule has 1 saturated heterocycles. The Hall–Kier alpha value is -2.34. The number of carbonyl (C=O) groups is 2. The molecule has 0 saturated carbocycles. The maximum absolute atomic E-state index is 13.0. The van der Waals surface area contributed by atoms with Gasteiger partial charge in [0.1, 0.15) is 16.5 Å². The molecule has 6 nitrogen and oxygen atoms in total. The third kappa shape index (κ3) is 1.91. The molecular formula is C16H15ClN4O2. The average Bonchev–Trinajstić information content (AvgIpc) is 3.15. The third-order valence-electron chi connectivity index (χ3n) is 4.75. The second kappa shape index (κ2) is 4.83. The van der Waals surface area contributed by atoms with Gasteiger partial charge in [-0.15, -0.1) is 0 Å². The number of carbonyl (C=O) groups excluding carboxylic acids is 2. The van der Waals surface area contributed by atoms with Crippen LogP contribution in [-0.4, -0.2) is 26.4 Å². The summed E-state index contributed by atoms with van der Waals surface area (Å²) in [6.45, 7) is 0.109. The molecule has 1 spiro atoms. The monoisotopic (exact) mass is 330 g/mol. The molecule has 1 aromatic heterocycles. The summed E-state index contributed by atoms with van der Waals surface area (Å²) in [5.74, 6) is 0.355. The molecule has 1 aliphatic heterocycles. The number of benzene rings is 1. The summed E-state index contributed by atoms with van der Waals surface area (Å²) in [6.07, 6.45) is 2.88. The van der Waals surface area contributed by atoms with Crippen molar-refractivity contribution < 1.29 is 9.59 Å². The number of nitrogens with zero attached hydrogens (tertiary/aromatic N) is 3. The highest BCUT2D eigenvalue weighted by Crippen LogP contribution is 2.41. The van der Waals surface area contributed by atoms with Gasteiger partial charge in [-0.1, -0.05) is 35.9 Å². The molecule has 23 heavy (non-hydrogen) atoms. The van der Waals surface area contributed by atoms with E-state index in [1.807, 2.05) is 24.3 Å². The van der Waals surface area contributed by atoms with Crippen LogP contribution in [0.25, 0.3) is 0 Å². The Morgan fingerprint density at radius 1 is 1.35 bits per heavy atom. The molecule has 1 N–H and O–H groups in total. The Bertz CT molecular complexity index is 831. The summed E-state index contributed by atoms with van der Waals surface area (Å²) in [6, 6.07) is 7.39. The van der Waals surface area contributed by atoms with Crippen LogP contribution in [0.2, 0.25) is 5.15 Å². The van der Waals surface area contributed by atoms with E-state index in [4.69, 9.17) is 11.6 Å². The number of imide groups is 1. The molecule has 0 radical (unpaired) electrons. The molecule has 3 amide bonds. The topological polar surface area (TPSA) is 67.2 Å². The van der Waals surface area contributed by atoms with E-state index >= 15 is 0 Å². The van der Waals surface area contributed by atoms with Crippen LogP contribution in [0.5, 0.6) is 0 Å². The second-order valence-electron chi connectivity index (χ2n) is 5.94. The van der Waals surface area contributed by atoms with Crippen molar-refractivity contribution in [3.05, 3.63) is 52.6 Å². The molecular weight excluding hydrogens is 316 g/mol. The minimum atomic E-state index is -0.928. The van der Waals surface area contributed by atoms with E-state index in [1.54, 1.807) is 11.6 Å². The summed E-state index contributed by atoms with van der Waals surface area (Å²) in [5, 5.41) is 3.36. The third-order valence-corrected chi connectivity index (χ3v) is 5.10. The number of aryl methyl sites for hydroxylation is 1. The molecule has 2 aromatic rings. The van der Waals surface area contributed by atoms with Gasteiger partial charge in [0.2, 0.25) is 0 Å². The number of fused-ring (bicyclic) bond motifs is 2. The van der Waals surface area contributed by atoms with Crippen LogP contribution in [0.4, 0.5) is 4.79 Å². The number of aromatic nitrogens is 2. The molecule has 1 atom stereocenters. The molecule has 1 aliphatic carbocycles. The van der Waals surface area contributed by atoms with E-state index < -0.39 is 5.54 Å². The number of imidazole rings is 1. The van der Waals surface area contributed by atoms with E-state index in [9.17, 15) is 9.59 Å². The van der Waals surface area contributed by atoms with Gasteiger partial charge in [-0.2, -0.15) is 0 Å². The lowest BCUT2D eigenvalue weighted by Crippen LogP contribution is -2.41. The minimum Gasteiger partial charge on any atom is -0.321 e. The Morgan fingerprint density at radius 3 is 2.87 bits per heavy atom. The van der Waals surface area contributed by atoms with Crippen LogP contribution >= 0.6 is 11.6 Å². The summed E-state index contributed by atoms with van der Waals surface area (Å²) in [4.78, 5) is 30.8. The fourth-order valence-corrected chi connectivity index (χ4v) is 3.59. The maximum atomic E-state index is 13.0. The van der Waals surface area contributed by atoms with Crippen molar-refractivity contribution >= 4 is 23.5 Å². The van der Waals surface area contributed by atoms with E-state index in [0.717, 1.165) is 17.5 Å². The van der Waals surface area contributed by atoms with Gasteiger partial charge in [-0.25, -0.2) is 9.78 Å². The first-order chi connectivity index (χ1) is 11.0. The summed E-state index contributed by atoms with van der Waals surface area (Å²) >= 11 is 5.97. The number of rotatable bonds is 2. The van der Waals surface area contributed by atoms with Crippen molar-refractivity contribution in [2.75, 3.05) is 0 Å². The van der Waals surface area contributed by atoms with Crippen LogP contribution in [-0.2, 0) is 30.3 Å². The van der Waals surface area contributed by atoms with Crippen LogP contribution in [0.15, 0.2) is 30.5 Å². The molecule has 1 aromatic carbocycles. The predicted molar refractivity (Wildman–Crippen MR) is 83.7 cm³/mol. The van der Waals surface area contributed by atoms with Gasteiger partial charge in [0.25, 0.3) is 5.91 Å². The number of halogens is 1. The fraction of sp³-hybridized carbons (Fsp3) is 0.312. The van der Waals surface area contributed by atoms with Crippen LogP contribution < -0.4 is 5.32 Å². The Kier molecular flexibility index (Phi) is 2.99. The van der Waals surface area contributed by atoms with Crippen LogP contribution in [0, 0.1) is 0 Å². The highest BCUT2D eigenvalue weighted by molar-refractivity contribution is 6.29. The lowest BCUT2D eigenvalue weighted by Gasteiger charge is -2.22. The Balaban J connectivity index is 1.69. The molecule has 0 bridgehead atoms. The van der Waals surface area contributed by atoms with Crippen LogP contribution in [0.3, 0.4) is 0 Å². The largest absolute Gasteiger partial charge is 0.325 e. The highest BCUT2D eigenvalue weighted by Gasteiger charge is 2.55. The zero-order valence-corrected chi connectivity index (χ0v) is 13.3. The van der Waals surface area contributed by atoms with E-state index in [2.05, 4.69) is 10.3 Å². The molecule has 2 heterocycles. The lowest BCUT2D eigenvalue weighted by atomic mass is 9.92. The Labute approximate surface area is 138 Å². The molecule has 4 rings (SSSR count). The van der Waals surface area contributed by atoms with Gasteiger partial charge in [-0.05, 0) is 24.0 Å². The predicted octanol–water partition coefficient (Wildman–Crippen LogP) is 1.97. The minimum absolute atomic E-state index is 0.109. The van der Waals surface area contributed by atoms with Gasteiger partial charge in [0.05, 0.1) is 12.7 Å². The van der Waals surface area contributed by atoms with Crippen molar-refractivity contribution in [3.63, 3.8) is 0 Å². The van der Waals surface area contributed by atoms with Gasteiger partial charge in [-0.3, -0.25) is 9.69 Å². The lowest BCUT2D eigenvalue weighted by molar-refractivity contribution is -0.132. The van der Waals surface area contributed by atoms with Crippen LogP contribution in [0.1, 0.15) is 23.4 Å². The summed E-state index contributed by atoms with van der Waals surface area (Å²) in [7, 11) is 1.75. The summed E-state index contributed by atoms with van der Waals surface area (Å²) in [5.41, 5.74) is 1.09. The quantitative estimate of drug-likeness (QED) is 0.856. The van der Waals surface area contributed by atoms with E-state index in [0.29, 0.717) is 17.4 Å². The van der Waals surface area contributed by atoms with Crippen molar-refractivity contribution in [3.8, 4) is 0 Å². The zero-order valence-electron chi connectivity index (χ0n) is 12.5. The standard InChI is InChI=1S/C16H15ClN4O2/c1-20-12(17)8-18-13(20)9-21-14(22)16(19-15(21)23)7-6-10-4-2-3-5-11(10)16/h2-5,8H,6-7,9H2,1H3,(H,19,23). The fourth-order valence-electron chi connectivity index (χ4n) is 3.45. The molecule has 1 fully saturated rings. The summed E-state index contributed by atoms with van der Waals surface area (Å²) < 4.78 is 1.66. The second-order valence-corrected chi connectivity index (χ2v) is 6.33. The van der Waals surface area contributed by atoms with Gasteiger partial charge in [0, 0.05) is 7.05 Å². The number of amides is 3. The first-order valence-corrected chi connectivity index (χ1v) is 7.79. The molecule has 118 valence electrons. The van der Waals surface area contributed by atoms with Crippen molar-refractivity contribution in [1.82, 2.24) is 19.8 Å². The highest BCUT2D eigenvalue weighted by atomic mass is 35.5. The number of nitrogens with one attached hydrogen (secondary N) is 1.